The Hall–Kier alpha value is -3.35. The van der Waals surface area contributed by atoms with Crippen molar-refractivity contribution in [1.82, 2.24) is 10.6 Å². The van der Waals surface area contributed by atoms with Crippen LogP contribution in [0.4, 0.5) is 4.79 Å². The van der Waals surface area contributed by atoms with Crippen molar-refractivity contribution in [3.63, 3.8) is 0 Å². The monoisotopic (exact) mass is 440 g/mol. The minimum absolute atomic E-state index is 0.202. The first-order valence-corrected chi connectivity index (χ1v) is 10.6. The Labute approximate surface area is 189 Å². The molecule has 0 aromatic heterocycles. The fourth-order valence-corrected chi connectivity index (χ4v) is 2.96. The second kappa shape index (κ2) is 11.3. The first kappa shape index (κ1) is 24.9. The van der Waals surface area contributed by atoms with Crippen LogP contribution in [-0.2, 0) is 25.5 Å². The van der Waals surface area contributed by atoms with E-state index >= 15 is 0 Å². The predicted molar refractivity (Wildman–Crippen MR) is 122 cm³/mol. The zero-order valence-electron chi connectivity index (χ0n) is 19.3. The number of amides is 2. The summed E-state index contributed by atoms with van der Waals surface area (Å²) < 4.78 is 10.7. The van der Waals surface area contributed by atoms with Crippen LogP contribution >= 0.6 is 0 Å². The van der Waals surface area contributed by atoms with Crippen molar-refractivity contribution < 1.29 is 23.9 Å². The Kier molecular flexibility index (Phi) is 8.81. The van der Waals surface area contributed by atoms with Gasteiger partial charge in [0.1, 0.15) is 11.6 Å². The van der Waals surface area contributed by atoms with Gasteiger partial charge in [-0.2, -0.15) is 0 Å². The largest absolute Gasteiger partial charge is 0.451 e. The molecule has 2 N–H and O–H groups in total. The molecule has 0 fully saturated rings. The van der Waals surface area contributed by atoms with E-state index in [-0.39, 0.29) is 12.5 Å². The first-order valence-electron chi connectivity index (χ1n) is 10.6. The van der Waals surface area contributed by atoms with Gasteiger partial charge in [0.15, 0.2) is 6.10 Å². The second-order valence-electron chi connectivity index (χ2n) is 8.61. The highest BCUT2D eigenvalue weighted by molar-refractivity contribution is 5.86. The highest BCUT2D eigenvalue weighted by Gasteiger charge is 2.29. The number of hydrogen-bond donors (Lipinski definition) is 2. The van der Waals surface area contributed by atoms with Crippen molar-refractivity contribution in [3.05, 3.63) is 71.8 Å². The van der Waals surface area contributed by atoms with Crippen molar-refractivity contribution in [2.24, 2.45) is 0 Å². The molecule has 3 atom stereocenters. The molecule has 7 heteroatoms. The molecular formula is C25H32N2O5. The number of carbonyl (C=O) groups is 3. The Morgan fingerprint density at radius 2 is 1.44 bits per heavy atom. The summed E-state index contributed by atoms with van der Waals surface area (Å²) in [6.07, 6.45) is -1.56. The zero-order chi connectivity index (χ0) is 23.7. The van der Waals surface area contributed by atoms with Crippen LogP contribution in [0.5, 0.6) is 0 Å². The summed E-state index contributed by atoms with van der Waals surface area (Å²) in [4.78, 5) is 37.7. The third kappa shape index (κ3) is 8.41. The highest BCUT2D eigenvalue weighted by atomic mass is 16.6. The molecular weight excluding hydrogens is 408 g/mol. The van der Waals surface area contributed by atoms with Gasteiger partial charge in [-0.15, -0.1) is 0 Å². The Balaban J connectivity index is 2.03. The average molecular weight is 441 g/mol. The van der Waals surface area contributed by atoms with Gasteiger partial charge in [-0.1, -0.05) is 60.7 Å². The Morgan fingerprint density at radius 1 is 0.875 bits per heavy atom. The third-order valence-corrected chi connectivity index (χ3v) is 4.58. The number of rotatable bonds is 8. The van der Waals surface area contributed by atoms with Crippen LogP contribution in [-0.4, -0.2) is 35.7 Å². The minimum Gasteiger partial charge on any atom is -0.451 e. The van der Waals surface area contributed by atoms with Crippen molar-refractivity contribution in [2.45, 2.75) is 64.8 Å². The molecule has 32 heavy (non-hydrogen) atoms. The predicted octanol–water partition coefficient (Wildman–Crippen LogP) is 3.93. The molecule has 0 saturated heterocycles. The van der Waals surface area contributed by atoms with Crippen LogP contribution in [0.3, 0.4) is 0 Å². The van der Waals surface area contributed by atoms with E-state index in [9.17, 15) is 14.4 Å². The molecule has 0 spiro atoms. The molecule has 0 saturated carbocycles. The van der Waals surface area contributed by atoms with E-state index in [1.807, 2.05) is 67.6 Å². The molecule has 2 aromatic rings. The molecule has 0 radical (unpaired) electrons. The number of nitrogens with one attached hydrogen (secondary N) is 2. The summed E-state index contributed by atoms with van der Waals surface area (Å²) in [5, 5.41) is 5.40. The van der Waals surface area contributed by atoms with E-state index < -0.39 is 35.7 Å². The average Bonchev–Trinajstić information content (AvgIpc) is 2.73. The van der Waals surface area contributed by atoms with Crippen LogP contribution in [0.15, 0.2) is 60.7 Å². The van der Waals surface area contributed by atoms with Gasteiger partial charge < -0.3 is 20.1 Å². The van der Waals surface area contributed by atoms with E-state index in [0.29, 0.717) is 0 Å². The molecule has 172 valence electrons. The summed E-state index contributed by atoms with van der Waals surface area (Å²) in [6, 6.07) is 17.5. The van der Waals surface area contributed by atoms with Gasteiger partial charge in [0, 0.05) is 6.42 Å². The summed E-state index contributed by atoms with van der Waals surface area (Å²) in [7, 11) is 0. The van der Waals surface area contributed by atoms with Gasteiger partial charge in [0.05, 0.1) is 6.04 Å². The summed E-state index contributed by atoms with van der Waals surface area (Å²) in [5.74, 6) is -1.14. The molecule has 0 aliphatic heterocycles. The highest BCUT2D eigenvalue weighted by Crippen LogP contribution is 2.13. The van der Waals surface area contributed by atoms with Gasteiger partial charge in [-0.05, 0) is 45.7 Å². The van der Waals surface area contributed by atoms with Crippen LogP contribution in [0.2, 0.25) is 0 Å². The van der Waals surface area contributed by atoms with Gasteiger partial charge in [0.2, 0.25) is 0 Å². The summed E-state index contributed by atoms with van der Waals surface area (Å²) in [6.45, 7) is 8.55. The standard InChI is InChI=1S/C25H32N2O5/c1-17(20-14-10-7-11-15-20)26-22(28)18(2)31-23(29)21(16-19-12-8-6-9-13-19)27-24(30)32-25(3,4)5/h6-15,17-18,21H,16H2,1-5H3,(H,26,28)(H,27,30)/t17-,18-,21-/m0/s1. The summed E-state index contributed by atoms with van der Waals surface area (Å²) in [5.41, 5.74) is 1.06. The van der Waals surface area contributed by atoms with E-state index in [1.165, 1.54) is 6.92 Å². The second-order valence-corrected chi connectivity index (χ2v) is 8.61. The fraction of sp³-hybridized carbons (Fsp3) is 0.400. The van der Waals surface area contributed by atoms with Crippen LogP contribution in [0, 0.1) is 0 Å². The van der Waals surface area contributed by atoms with Crippen LogP contribution in [0.1, 0.15) is 51.8 Å². The fourth-order valence-electron chi connectivity index (χ4n) is 2.96. The number of benzene rings is 2. The quantitative estimate of drug-likeness (QED) is 0.607. The lowest BCUT2D eigenvalue weighted by Gasteiger charge is -2.24. The van der Waals surface area contributed by atoms with Crippen molar-refractivity contribution >= 4 is 18.0 Å². The normalized spacial score (nSPS) is 13.9. The lowest BCUT2D eigenvalue weighted by atomic mass is 10.1. The third-order valence-electron chi connectivity index (χ3n) is 4.58. The molecule has 0 unspecified atom stereocenters. The van der Waals surface area contributed by atoms with Crippen LogP contribution < -0.4 is 10.6 Å². The molecule has 0 aliphatic carbocycles. The van der Waals surface area contributed by atoms with E-state index in [0.717, 1.165) is 11.1 Å². The van der Waals surface area contributed by atoms with E-state index in [4.69, 9.17) is 9.47 Å². The zero-order valence-corrected chi connectivity index (χ0v) is 19.3. The van der Waals surface area contributed by atoms with Crippen molar-refractivity contribution in [3.8, 4) is 0 Å². The molecule has 0 heterocycles. The van der Waals surface area contributed by atoms with E-state index in [2.05, 4.69) is 10.6 Å². The Bertz CT molecular complexity index is 894. The molecule has 2 rings (SSSR count). The number of ether oxygens (including phenoxy) is 2. The molecule has 2 amide bonds. The van der Waals surface area contributed by atoms with Gasteiger partial charge in [-0.25, -0.2) is 9.59 Å². The van der Waals surface area contributed by atoms with Crippen molar-refractivity contribution in [1.29, 1.82) is 0 Å². The molecule has 2 aromatic carbocycles. The lowest BCUT2D eigenvalue weighted by Crippen LogP contribution is -2.47. The first-order chi connectivity index (χ1) is 15.0. The number of alkyl carbamates (subject to hydrolysis) is 1. The lowest BCUT2D eigenvalue weighted by molar-refractivity contribution is -0.157. The van der Waals surface area contributed by atoms with Crippen LogP contribution in [0.25, 0.3) is 0 Å². The molecule has 7 nitrogen and oxygen atoms in total. The number of carbonyl (C=O) groups excluding carboxylic acids is 3. The summed E-state index contributed by atoms with van der Waals surface area (Å²) >= 11 is 0. The minimum atomic E-state index is -1.03. The number of esters is 1. The van der Waals surface area contributed by atoms with Gasteiger partial charge in [0.25, 0.3) is 5.91 Å². The van der Waals surface area contributed by atoms with Gasteiger partial charge >= 0.3 is 12.1 Å². The maximum atomic E-state index is 12.8. The molecule has 0 bridgehead atoms. The van der Waals surface area contributed by atoms with Crippen molar-refractivity contribution in [2.75, 3.05) is 0 Å². The maximum Gasteiger partial charge on any atom is 0.408 e. The smallest absolute Gasteiger partial charge is 0.408 e. The number of hydrogen-bond acceptors (Lipinski definition) is 5. The topological polar surface area (TPSA) is 93.7 Å². The maximum absolute atomic E-state index is 12.8. The Morgan fingerprint density at radius 3 is 2.00 bits per heavy atom. The van der Waals surface area contributed by atoms with E-state index in [1.54, 1.807) is 20.8 Å². The molecule has 0 aliphatic rings. The van der Waals surface area contributed by atoms with Gasteiger partial charge in [-0.3, -0.25) is 4.79 Å². The SMILES string of the molecule is C[C@H](OC(=O)[C@H](Cc1ccccc1)NC(=O)OC(C)(C)C)C(=O)N[C@@H](C)c1ccccc1.